The zero-order valence-corrected chi connectivity index (χ0v) is 9.22. The van der Waals surface area contributed by atoms with Crippen molar-refractivity contribution >= 4 is 17.5 Å². The summed E-state index contributed by atoms with van der Waals surface area (Å²) in [4.78, 5) is 19.4. The zero-order valence-electron chi connectivity index (χ0n) is 9.22. The average molecular weight is 247 g/mol. The molecule has 0 spiro atoms. The lowest BCUT2D eigenvalue weighted by atomic mass is 10.2. The number of nitrogens with zero attached hydrogens (tertiary/aromatic N) is 2. The van der Waals surface area contributed by atoms with E-state index in [0.717, 1.165) is 6.20 Å². The summed E-state index contributed by atoms with van der Waals surface area (Å²) >= 11 is 0. The van der Waals surface area contributed by atoms with Crippen LogP contribution in [-0.4, -0.2) is 15.9 Å². The van der Waals surface area contributed by atoms with Gasteiger partial charge >= 0.3 is 0 Å². The molecule has 2 rings (SSSR count). The van der Waals surface area contributed by atoms with Crippen LogP contribution in [0.15, 0.2) is 36.7 Å². The van der Waals surface area contributed by atoms with E-state index < -0.39 is 5.82 Å². The zero-order chi connectivity index (χ0) is 13.0. The first-order valence-electron chi connectivity index (χ1n) is 5.04. The first-order valence-corrected chi connectivity index (χ1v) is 5.04. The van der Waals surface area contributed by atoms with Crippen LogP contribution in [0.1, 0.15) is 10.4 Å². The lowest BCUT2D eigenvalue weighted by molar-refractivity contribution is 0.102. The molecule has 7 heteroatoms. The molecule has 0 aliphatic rings. The van der Waals surface area contributed by atoms with E-state index in [9.17, 15) is 9.18 Å². The van der Waals surface area contributed by atoms with Gasteiger partial charge in [0.2, 0.25) is 0 Å². The van der Waals surface area contributed by atoms with Crippen LogP contribution >= 0.6 is 0 Å². The molecule has 0 fully saturated rings. The minimum atomic E-state index is -0.466. The second-order valence-corrected chi connectivity index (χ2v) is 3.39. The number of carbonyl (C=O) groups excluding carboxylic acids is 1. The number of anilines is 2. The fraction of sp³-hybridized carbons (Fsp3) is 0. The molecule has 92 valence electrons. The normalized spacial score (nSPS) is 9.89. The third-order valence-electron chi connectivity index (χ3n) is 2.14. The molecule has 2 aromatic heterocycles. The van der Waals surface area contributed by atoms with Crippen molar-refractivity contribution in [2.24, 2.45) is 5.84 Å². The predicted molar refractivity (Wildman–Crippen MR) is 64.2 cm³/mol. The highest BCUT2D eigenvalue weighted by Crippen LogP contribution is 2.09. The van der Waals surface area contributed by atoms with E-state index in [1.807, 2.05) is 0 Å². The highest BCUT2D eigenvalue weighted by atomic mass is 19.1. The van der Waals surface area contributed by atoms with Crippen LogP contribution < -0.4 is 16.6 Å². The van der Waals surface area contributed by atoms with E-state index >= 15 is 0 Å². The quantitative estimate of drug-likeness (QED) is 0.559. The number of carbonyl (C=O) groups is 1. The number of nitrogens with one attached hydrogen (secondary N) is 2. The fourth-order valence-corrected chi connectivity index (χ4v) is 1.29. The smallest absolute Gasteiger partial charge is 0.257 e. The maximum Gasteiger partial charge on any atom is 0.257 e. The van der Waals surface area contributed by atoms with Gasteiger partial charge in [-0.05, 0) is 24.3 Å². The highest BCUT2D eigenvalue weighted by molar-refractivity contribution is 6.04. The van der Waals surface area contributed by atoms with E-state index in [2.05, 4.69) is 20.7 Å². The Morgan fingerprint density at radius 2 is 2.06 bits per heavy atom. The van der Waals surface area contributed by atoms with Crippen LogP contribution in [0, 0.1) is 5.82 Å². The molecule has 0 aromatic carbocycles. The lowest BCUT2D eigenvalue weighted by Crippen LogP contribution is -2.15. The monoisotopic (exact) mass is 247 g/mol. The fourth-order valence-electron chi connectivity index (χ4n) is 1.29. The second-order valence-electron chi connectivity index (χ2n) is 3.39. The maximum absolute atomic E-state index is 12.6. The summed E-state index contributed by atoms with van der Waals surface area (Å²) in [6.07, 6.45) is 2.47. The minimum absolute atomic E-state index is 0.264. The number of nitrogens with two attached hydrogens (primary N) is 1. The molecule has 0 bridgehead atoms. The van der Waals surface area contributed by atoms with Crippen molar-refractivity contribution in [3.8, 4) is 0 Å². The van der Waals surface area contributed by atoms with Crippen LogP contribution in [0.2, 0.25) is 0 Å². The molecule has 2 aromatic rings. The van der Waals surface area contributed by atoms with Crippen molar-refractivity contribution < 1.29 is 9.18 Å². The molecular weight excluding hydrogens is 237 g/mol. The van der Waals surface area contributed by atoms with Gasteiger partial charge in [0.05, 0.1) is 6.20 Å². The predicted octanol–water partition coefficient (Wildman–Crippen LogP) is 1.15. The Balaban J connectivity index is 2.14. The van der Waals surface area contributed by atoms with Crippen LogP contribution in [-0.2, 0) is 0 Å². The molecule has 0 unspecified atom stereocenters. The van der Waals surface area contributed by atoms with Gasteiger partial charge in [-0.3, -0.25) is 4.79 Å². The Morgan fingerprint density at radius 3 is 2.72 bits per heavy atom. The van der Waals surface area contributed by atoms with Gasteiger partial charge in [0, 0.05) is 11.8 Å². The number of hydrogen-bond donors (Lipinski definition) is 3. The number of halogens is 1. The molecule has 0 radical (unpaired) electrons. The number of aromatic nitrogens is 2. The SMILES string of the molecule is NNc1cc(C(=O)Nc2ccc(F)cn2)ccn1. The third kappa shape index (κ3) is 2.77. The van der Waals surface area contributed by atoms with E-state index in [1.165, 1.54) is 30.5 Å². The number of pyridine rings is 2. The molecule has 0 atom stereocenters. The van der Waals surface area contributed by atoms with Crippen LogP contribution in [0.3, 0.4) is 0 Å². The first-order chi connectivity index (χ1) is 8.69. The summed E-state index contributed by atoms with van der Waals surface area (Å²) in [6.45, 7) is 0. The molecule has 0 aliphatic heterocycles. The molecular formula is C11H10FN5O. The van der Waals surface area contributed by atoms with Gasteiger partial charge in [-0.15, -0.1) is 0 Å². The topological polar surface area (TPSA) is 92.9 Å². The number of amides is 1. The first kappa shape index (κ1) is 11.9. The van der Waals surface area contributed by atoms with Gasteiger partial charge in [0.25, 0.3) is 5.91 Å². The Morgan fingerprint density at radius 1 is 1.22 bits per heavy atom. The molecule has 18 heavy (non-hydrogen) atoms. The van der Waals surface area contributed by atoms with Crippen molar-refractivity contribution in [1.82, 2.24) is 9.97 Å². The standard InChI is InChI=1S/C11H10FN5O/c12-8-1-2-9(15-6-8)16-11(18)7-3-4-14-10(5-7)17-13/h1-6H,13H2,(H,14,17)(H,15,16,18). The Bertz CT molecular complexity index is 558. The van der Waals surface area contributed by atoms with Crippen molar-refractivity contribution in [1.29, 1.82) is 0 Å². The Hall–Kier alpha value is -2.54. The highest BCUT2D eigenvalue weighted by Gasteiger charge is 2.07. The van der Waals surface area contributed by atoms with Crippen molar-refractivity contribution in [2.45, 2.75) is 0 Å². The Kier molecular flexibility index (Phi) is 3.44. The van der Waals surface area contributed by atoms with Crippen molar-refractivity contribution in [3.63, 3.8) is 0 Å². The van der Waals surface area contributed by atoms with Gasteiger partial charge in [-0.1, -0.05) is 0 Å². The lowest BCUT2D eigenvalue weighted by Gasteiger charge is -2.05. The van der Waals surface area contributed by atoms with Gasteiger partial charge in [-0.25, -0.2) is 20.2 Å². The van der Waals surface area contributed by atoms with Crippen LogP contribution in [0.25, 0.3) is 0 Å². The van der Waals surface area contributed by atoms with E-state index in [-0.39, 0.29) is 11.7 Å². The molecule has 4 N–H and O–H groups in total. The van der Waals surface area contributed by atoms with Crippen LogP contribution in [0.5, 0.6) is 0 Å². The molecule has 2 heterocycles. The van der Waals surface area contributed by atoms with Gasteiger partial charge < -0.3 is 10.7 Å². The summed E-state index contributed by atoms with van der Waals surface area (Å²) in [6, 6.07) is 5.59. The minimum Gasteiger partial charge on any atom is -0.308 e. The number of hydrogen-bond acceptors (Lipinski definition) is 5. The molecule has 0 saturated carbocycles. The summed E-state index contributed by atoms with van der Waals surface area (Å²) in [5.74, 6) is 4.98. The summed E-state index contributed by atoms with van der Waals surface area (Å²) in [5, 5.41) is 2.52. The molecule has 1 amide bonds. The van der Waals surface area contributed by atoms with E-state index in [4.69, 9.17) is 5.84 Å². The number of hydrazine groups is 1. The molecule has 6 nitrogen and oxygen atoms in total. The molecule has 0 aliphatic carbocycles. The van der Waals surface area contributed by atoms with Crippen LogP contribution in [0.4, 0.5) is 16.0 Å². The van der Waals surface area contributed by atoms with Crippen molar-refractivity contribution in [2.75, 3.05) is 10.7 Å². The van der Waals surface area contributed by atoms with Crippen molar-refractivity contribution in [3.05, 3.63) is 48.0 Å². The number of nitrogen functional groups attached to an aromatic ring is 1. The van der Waals surface area contributed by atoms with E-state index in [1.54, 1.807) is 0 Å². The molecule has 0 saturated heterocycles. The maximum atomic E-state index is 12.6. The Labute approximate surface area is 102 Å². The average Bonchev–Trinajstić information content (AvgIpc) is 2.41. The number of rotatable bonds is 3. The summed E-state index contributed by atoms with van der Waals surface area (Å²) in [5.41, 5.74) is 2.70. The second kappa shape index (κ2) is 5.19. The van der Waals surface area contributed by atoms with E-state index in [0.29, 0.717) is 11.4 Å². The van der Waals surface area contributed by atoms with Gasteiger partial charge in [-0.2, -0.15) is 0 Å². The van der Waals surface area contributed by atoms with Gasteiger partial charge in [0.15, 0.2) is 0 Å². The largest absolute Gasteiger partial charge is 0.308 e. The third-order valence-corrected chi connectivity index (χ3v) is 2.14. The van der Waals surface area contributed by atoms with Gasteiger partial charge in [0.1, 0.15) is 17.5 Å². The summed E-state index contributed by atoms with van der Waals surface area (Å²) in [7, 11) is 0. The summed E-state index contributed by atoms with van der Waals surface area (Å²) < 4.78 is 12.6.